The van der Waals surface area contributed by atoms with Crippen LogP contribution in [0, 0.1) is 5.82 Å². The SMILES string of the molecule is Fc1cccc(C=NCCNCCNCCC[Si]23OCCN(CCO2)CCO3)c1. The van der Waals surface area contributed by atoms with Gasteiger partial charge in [-0.2, -0.15) is 0 Å². The van der Waals surface area contributed by atoms with Crippen LogP contribution in [0.2, 0.25) is 6.04 Å². The highest BCUT2D eigenvalue weighted by Gasteiger charge is 2.43. The maximum atomic E-state index is 13.1. The monoisotopic (exact) mass is 424 g/mol. The van der Waals surface area contributed by atoms with Crippen LogP contribution in [0.3, 0.4) is 0 Å². The Balaban J connectivity index is 1.20. The first-order chi connectivity index (χ1) is 14.3. The molecular weight excluding hydrogens is 391 g/mol. The Kier molecular flexibility index (Phi) is 9.68. The van der Waals surface area contributed by atoms with E-state index < -0.39 is 8.80 Å². The van der Waals surface area contributed by atoms with E-state index in [0.29, 0.717) is 26.4 Å². The van der Waals surface area contributed by atoms with Crippen molar-refractivity contribution in [3.63, 3.8) is 0 Å². The number of nitrogens with one attached hydrogen (secondary N) is 2. The molecule has 3 fully saturated rings. The summed E-state index contributed by atoms with van der Waals surface area (Å²) in [6.07, 6.45) is 2.70. The van der Waals surface area contributed by atoms with E-state index in [1.165, 1.54) is 12.1 Å². The Morgan fingerprint density at radius 2 is 1.69 bits per heavy atom. The van der Waals surface area contributed by atoms with Crippen molar-refractivity contribution in [2.24, 2.45) is 4.99 Å². The fourth-order valence-corrected chi connectivity index (χ4v) is 5.92. The van der Waals surface area contributed by atoms with Crippen molar-refractivity contribution < 1.29 is 17.7 Å². The number of fused-ring (bicyclic) bond motifs is 6. The van der Waals surface area contributed by atoms with Crippen molar-refractivity contribution in [1.82, 2.24) is 15.5 Å². The lowest BCUT2D eigenvalue weighted by Gasteiger charge is -2.38. The summed E-state index contributed by atoms with van der Waals surface area (Å²) in [5.74, 6) is -0.235. The van der Waals surface area contributed by atoms with Crippen molar-refractivity contribution in [3.05, 3.63) is 35.6 Å². The van der Waals surface area contributed by atoms with Gasteiger partial charge in [0.25, 0.3) is 0 Å². The fraction of sp³-hybridized carbons (Fsp3) is 0.650. The zero-order valence-corrected chi connectivity index (χ0v) is 18.1. The second-order valence-electron chi connectivity index (χ2n) is 7.26. The maximum Gasteiger partial charge on any atom is 0.501 e. The Morgan fingerprint density at radius 3 is 2.38 bits per heavy atom. The highest BCUT2D eigenvalue weighted by Crippen LogP contribution is 2.21. The number of aliphatic imine (C=N–C) groups is 1. The molecule has 0 aromatic heterocycles. The van der Waals surface area contributed by atoms with Gasteiger partial charge in [-0.15, -0.1) is 0 Å². The predicted molar refractivity (Wildman–Crippen MR) is 114 cm³/mol. The second-order valence-corrected chi connectivity index (χ2v) is 10.00. The van der Waals surface area contributed by atoms with Gasteiger partial charge in [0, 0.05) is 51.5 Å². The Bertz CT molecular complexity index is 611. The molecule has 1 aromatic rings. The van der Waals surface area contributed by atoms with Crippen LogP contribution >= 0.6 is 0 Å². The molecule has 2 bridgehead atoms. The van der Waals surface area contributed by atoms with E-state index in [2.05, 4.69) is 20.5 Å². The van der Waals surface area contributed by atoms with Gasteiger partial charge in [-0.3, -0.25) is 9.89 Å². The zero-order valence-electron chi connectivity index (χ0n) is 17.1. The normalized spacial score (nSPS) is 25.1. The summed E-state index contributed by atoms with van der Waals surface area (Å²) in [5, 5.41) is 6.80. The van der Waals surface area contributed by atoms with Crippen molar-refractivity contribution >= 4 is 15.0 Å². The van der Waals surface area contributed by atoms with Gasteiger partial charge < -0.3 is 23.9 Å². The summed E-state index contributed by atoms with van der Waals surface area (Å²) >= 11 is 0. The average Bonchev–Trinajstić information content (AvgIpc) is 2.66. The van der Waals surface area contributed by atoms with Crippen LogP contribution in [0.5, 0.6) is 0 Å². The quantitative estimate of drug-likeness (QED) is 0.315. The van der Waals surface area contributed by atoms with Gasteiger partial charge in [-0.1, -0.05) is 12.1 Å². The number of halogens is 1. The lowest BCUT2D eigenvalue weighted by Crippen LogP contribution is -2.55. The van der Waals surface area contributed by atoms with Gasteiger partial charge in [-0.05, 0) is 30.7 Å². The van der Waals surface area contributed by atoms with Gasteiger partial charge in [0.1, 0.15) is 5.82 Å². The molecule has 1 aromatic carbocycles. The van der Waals surface area contributed by atoms with Gasteiger partial charge in [0.05, 0.1) is 26.4 Å². The van der Waals surface area contributed by atoms with Crippen molar-refractivity contribution in [2.45, 2.75) is 12.5 Å². The molecule has 4 rings (SSSR count). The average molecular weight is 425 g/mol. The zero-order chi connectivity index (χ0) is 20.2. The molecule has 29 heavy (non-hydrogen) atoms. The molecule has 3 aliphatic heterocycles. The fourth-order valence-electron chi connectivity index (χ4n) is 3.42. The van der Waals surface area contributed by atoms with E-state index >= 15 is 0 Å². The summed E-state index contributed by atoms with van der Waals surface area (Å²) in [7, 11) is -2.47. The van der Waals surface area contributed by atoms with Crippen LogP contribution in [0.25, 0.3) is 0 Å². The van der Waals surface area contributed by atoms with E-state index in [1.807, 2.05) is 6.07 Å². The molecule has 3 saturated heterocycles. The highest BCUT2D eigenvalue weighted by molar-refractivity contribution is 6.60. The highest BCUT2D eigenvalue weighted by atomic mass is 28.4. The molecule has 0 amide bonds. The molecule has 9 heteroatoms. The molecule has 7 nitrogen and oxygen atoms in total. The van der Waals surface area contributed by atoms with Gasteiger partial charge in [0.2, 0.25) is 0 Å². The van der Waals surface area contributed by atoms with Crippen LogP contribution in [-0.2, 0) is 13.3 Å². The predicted octanol–water partition coefficient (Wildman–Crippen LogP) is 1.13. The first-order valence-corrected chi connectivity index (χ1v) is 12.5. The molecule has 0 radical (unpaired) electrons. The van der Waals surface area contributed by atoms with Crippen LogP contribution < -0.4 is 10.6 Å². The first-order valence-electron chi connectivity index (χ1n) is 10.6. The van der Waals surface area contributed by atoms with Crippen LogP contribution in [-0.4, -0.2) is 92.1 Å². The molecule has 3 aliphatic rings. The minimum atomic E-state index is -2.47. The molecule has 0 spiro atoms. The summed E-state index contributed by atoms with van der Waals surface area (Å²) in [5.41, 5.74) is 0.789. The lowest BCUT2D eigenvalue weighted by molar-refractivity contribution is -0.00849. The lowest BCUT2D eigenvalue weighted by atomic mass is 10.2. The molecular formula is C20H33FN4O3Si. The molecule has 162 valence electrons. The summed E-state index contributed by atoms with van der Waals surface area (Å²) in [4.78, 5) is 6.64. The third-order valence-corrected chi connectivity index (χ3v) is 7.91. The number of hydrogen-bond acceptors (Lipinski definition) is 7. The molecule has 2 N–H and O–H groups in total. The van der Waals surface area contributed by atoms with Crippen LogP contribution in [0.1, 0.15) is 12.0 Å². The Morgan fingerprint density at radius 1 is 1.00 bits per heavy atom. The molecule has 0 aliphatic carbocycles. The van der Waals surface area contributed by atoms with E-state index in [0.717, 1.165) is 63.8 Å². The number of hydrogen-bond donors (Lipinski definition) is 2. The molecule has 0 saturated carbocycles. The van der Waals surface area contributed by atoms with E-state index in [9.17, 15) is 4.39 Å². The van der Waals surface area contributed by atoms with Gasteiger partial charge in [-0.25, -0.2) is 4.39 Å². The number of benzene rings is 1. The van der Waals surface area contributed by atoms with Crippen molar-refractivity contribution in [2.75, 3.05) is 72.2 Å². The topological polar surface area (TPSA) is 67.4 Å². The smallest absolute Gasteiger partial charge is 0.372 e. The minimum absolute atomic E-state index is 0.235. The summed E-state index contributed by atoms with van der Waals surface area (Å²) < 4.78 is 31.2. The Hall–Kier alpha value is -1.20. The van der Waals surface area contributed by atoms with Crippen molar-refractivity contribution in [3.8, 4) is 0 Å². The second kappa shape index (κ2) is 12.5. The first kappa shape index (κ1) is 22.5. The van der Waals surface area contributed by atoms with Crippen molar-refractivity contribution in [1.29, 1.82) is 0 Å². The minimum Gasteiger partial charge on any atom is -0.372 e. The largest absolute Gasteiger partial charge is 0.501 e. The van der Waals surface area contributed by atoms with E-state index in [-0.39, 0.29) is 5.82 Å². The maximum absolute atomic E-state index is 13.1. The third kappa shape index (κ3) is 8.21. The van der Waals surface area contributed by atoms with Crippen LogP contribution in [0.4, 0.5) is 4.39 Å². The van der Waals surface area contributed by atoms with E-state index in [4.69, 9.17) is 13.3 Å². The van der Waals surface area contributed by atoms with Gasteiger partial charge >= 0.3 is 8.80 Å². The molecule has 3 heterocycles. The van der Waals surface area contributed by atoms with E-state index in [1.54, 1.807) is 12.3 Å². The molecule has 0 atom stereocenters. The number of nitrogens with zero attached hydrogens (tertiary/aromatic N) is 2. The number of rotatable bonds is 11. The molecule has 0 unspecified atom stereocenters. The Labute approximate surface area is 174 Å². The third-order valence-electron chi connectivity index (χ3n) is 5.01. The summed E-state index contributed by atoms with van der Waals surface area (Å²) in [6.45, 7) is 9.28. The summed E-state index contributed by atoms with van der Waals surface area (Å²) in [6, 6.07) is 7.32. The van der Waals surface area contributed by atoms with Gasteiger partial charge in [0.15, 0.2) is 0 Å². The standard InChI is InChI=1S/C20H33FN4O3Si/c21-20-4-1-3-19(17-20)18-24-9-8-23-7-6-22-5-2-16-29-26-13-10-25(11-14-27-29)12-15-28-29/h1,3-4,17-18,22-23H,2,5-16H2. The van der Waals surface area contributed by atoms with Crippen LogP contribution in [0.15, 0.2) is 29.3 Å².